The van der Waals surface area contributed by atoms with Crippen molar-refractivity contribution in [1.29, 1.82) is 0 Å². The van der Waals surface area contributed by atoms with Crippen LogP contribution < -0.4 is 5.32 Å². The molecule has 1 N–H and O–H groups in total. The van der Waals surface area contributed by atoms with Crippen molar-refractivity contribution in [3.8, 4) is 0 Å². The van der Waals surface area contributed by atoms with E-state index in [4.69, 9.17) is 56.1 Å². The van der Waals surface area contributed by atoms with E-state index in [-0.39, 0.29) is 22.7 Å². The second kappa shape index (κ2) is 11.5. The minimum atomic E-state index is -4.52. The summed E-state index contributed by atoms with van der Waals surface area (Å²) < 4.78 is 29.6. The van der Waals surface area contributed by atoms with Crippen LogP contribution in [0.2, 0.25) is 20.1 Å². The van der Waals surface area contributed by atoms with Crippen LogP contribution >= 0.6 is 46.4 Å². The van der Waals surface area contributed by atoms with Gasteiger partial charge in [-0.2, -0.15) is 0 Å². The highest BCUT2D eigenvalue weighted by Gasteiger charge is 2.72. The van der Waals surface area contributed by atoms with E-state index in [1.54, 1.807) is 32.9 Å². The number of oxime groups is 2. The lowest BCUT2D eigenvalue weighted by atomic mass is 9.79. The lowest BCUT2D eigenvalue weighted by Crippen LogP contribution is -2.59. The summed E-state index contributed by atoms with van der Waals surface area (Å²) in [5.41, 5.74) is 3.95. The number of rotatable bonds is 5. The monoisotopic (exact) mass is 709 g/mol. The molecule has 0 radical (unpaired) electrons. The van der Waals surface area contributed by atoms with Gasteiger partial charge in [0.05, 0.1) is 16.3 Å². The molecule has 0 saturated heterocycles. The molecule has 1 spiro atoms. The van der Waals surface area contributed by atoms with Crippen molar-refractivity contribution in [2.75, 3.05) is 5.32 Å². The summed E-state index contributed by atoms with van der Waals surface area (Å²) in [6.07, 6.45) is -0.0940. The fourth-order valence-corrected chi connectivity index (χ4v) is 8.97. The highest BCUT2D eigenvalue weighted by atomic mass is 35.5. The first-order valence-electron chi connectivity index (χ1n) is 14.0. The number of para-hydroxylation sites is 1. The number of amides is 1. The molecule has 45 heavy (non-hydrogen) atoms. The molecule has 2 atom stereocenters. The SMILES string of the molecule is CC(=O)Nc1ccccc1S(=O)(=O)[C@]1(C)ON=C(c2c(C)c(Cl)c(C)c(Cl)c2C)[C@]12CC(c1c(C)c(Cl)c(C)c(Cl)c1C)=NO2. The van der Waals surface area contributed by atoms with Gasteiger partial charge in [-0.25, -0.2) is 8.42 Å². The van der Waals surface area contributed by atoms with E-state index in [9.17, 15) is 13.2 Å². The molecule has 0 saturated carbocycles. The first-order chi connectivity index (χ1) is 20.9. The molecule has 13 heteroatoms. The molecule has 5 rings (SSSR count). The molecule has 238 valence electrons. The zero-order valence-electron chi connectivity index (χ0n) is 25.9. The third kappa shape index (κ3) is 4.76. The molecular weight excluding hydrogens is 680 g/mol. The van der Waals surface area contributed by atoms with E-state index in [2.05, 4.69) is 15.6 Å². The summed E-state index contributed by atoms with van der Waals surface area (Å²) in [5.74, 6) is -0.446. The minimum Gasteiger partial charge on any atom is -0.376 e. The van der Waals surface area contributed by atoms with Crippen molar-refractivity contribution < 1.29 is 22.9 Å². The van der Waals surface area contributed by atoms with Gasteiger partial charge in [-0.3, -0.25) is 4.79 Å². The Morgan fingerprint density at radius 2 is 1.27 bits per heavy atom. The Hall–Kier alpha value is -2.82. The fraction of sp³-hybridized carbons (Fsp3) is 0.344. The van der Waals surface area contributed by atoms with Crippen molar-refractivity contribution >= 4 is 79.3 Å². The van der Waals surface area contributed by atoms with Crippen LogP contribution in [0.3, 0.4) is 0 Å². The summed E-state index contributed by atoms with van der Waals surface area (Å²) in [6.45, 7) is 13.6. The number of benzene rings is 3. The van der Waals surface area contributed by atoms with Gasteiger partial charge in [0.2, 0.25) is 21.3 Å². The lowest BCUT2D eigenvalue weighted by Gasteiger charge is -2.36. The number of hydrogen-bond acceptors (Lipinski definition) is 7. The molecule has 3 aromatic carbocycles. The number of carbonyl (C=O) groups excluding carboxylic acids is 1. The Bertz CT molecular complexity index is 1930. The average molecular weight is 711 g/mol. The molecular formula is C32H31Cl4N3O5S. The minimum absolute atomic E-state index is 0.0788. The molecule has 0 aromatic heterocycles. The predicted octanol–water partition coefficient (Wildman–Crippen LogP) is 8.60. The van der Waals surface area contributed by atoms with E-state index in [0.29, 0.717) is 64.7 Å². The molecule has 0 bridgehead atoms. The molecule has 3 aromatic rings. The van der Waals surface area contributed by atoms with E-state index in [1.165, 1.54) is 26.0 Å². The lowest BCUT2D eigenvalue weighted by molar-refractivity contribution is -0.114. The number of anilines is 1. The van der Waals surface area contributed by atoms with E-state index < -0.39 is 26.3 Å². The zero-order valence-corrected chi connectivity index (χ0v) is 29.7. The van der Waals surface area contributed by atoms with Crippen LogP contribution in [0.25, 0.3) is 0 Å². The summed E-state index contributed by atoms with van der Waals surface area (Å²) in [7, 11) is -4.52. The summed E-state index contributed by atoms with van der Waals surface area (Å²) in [5, 5.41) is 13.2. The highest BCUT2D eigenvalue weighted by molar-refractivity contribution is 7.93. The van der Waals surface area contributed by atoms with Gasteiger partial charge < -0.3 is 15.0 Å². The van der Waals surface area contributed by atoms with E-state index in [0.717, 1.165) is 5.56 Å². The number of sulfone groups is 1. The Labute approximate surface area is 282 Å². The first kappa shape index (κ1) is 33.5. The van der Waals surface area contributed by atoms with Crippen molar-refractivity contribution in [2.24, 2.45) is 10.3 Å². The van der Waals surface area contributed by atoms with Crippen LogP contribution in [-0.4, -0.2) is 36.3 Å². The van der Waals surface area contributed by atoms with Crippen LogP contribution in [0.4, 0.5) is 5.69 Å². The maximum atomic E-state index is 14.8. The van der Waals surface area contributed by atoms with Crippen LogP contribution in [0.1, 0.15) is 64.8 Å². The number of carbonyl (C=O) groups is 1. The maximum absolute atomic E-state index is 14.8. The normalized spacial score (nSPS) is 21.0. The van der Waals surface area contributed by atoms with Gasteiger partial charge in [0.25, 0.3) is 4.93 Å². The van der Waals surface area contributed by atoms with Crippen LogP contribution in [0.15, 0.2) is 39.5 Å². The Kier molecular flexibility index (Phi) is 8.54. The molecule has 0 aliphatic carbocycles. The van der Waals surface area contributed by atoms with Crippen LogP contribution in [0, 0.1) is 41.5 Å². The van der Waals surface area contributed by atoms with Gasteiger partial charge in [-0.1, -0.05) is 68.8 Å². The molecule has 0 unspecified atom stereocenters. The number of nitrogens with zero attached hydrogens (tertiary/aromatic N) is 2. The van der Waals surface area contributed by atoms with Gasteiger partial charge in [0, 0.05) is 44.6 Å². The molecule has 2 aliphatic rings. The van der Waals surface area contributed by atoms with Gasteiger partial charge in [0.15, 0.2) is 0 Å². The van der Waals surface area contributed by atoms with Crippen molar-refractivity contribution in [3.05, 3.63) is 88.9 Å². The van der Waals surface area contributed by atoms with Gasteiger partial charge >= 0.3 is 0 Å². The Morgan fingerprint density at radius 1 is 0.778 bits per heavy atom. The summed E-state index contributed by atoms with van der Waals surface area (Å²) in [4.78, 5) is 22.0. The Morgan fingerprint density at radius 3 is 1.78 bits per heavy atom. The third-order valence-corrected chi connectivity index (χ3v) is 13.4. The Balaban J connectivity index is 1.79. The number of halogens is 4. The van der Waals surface area contributed by atoms with Crippen LogP contribution in [0.5, 0.6) is 0 Å². The van der Waals surface area contributed by atoms with Gasteiger partial charge in [-0.15, -0.1) is 0 Å². The largest absolute Gasteiger partial charge is 0.376 e. The summed E-state index contributed by atoms with van der Waals surface area (Å²) >= 11 is 26.8. The van der Waals surface area contributed by atoms with Gasteiger partial charge in [-0.05, 0) is 94.0 Å². The van der Waals surface area contributed by atoms with E-state index in [1.807, 2.05) is 20.8 Å². The van der Waals surface area contributed by atoms with Crippen molar-refractivity contribution in [2.45, 2.75) is 77.2 Å². The standard InChI is InChI=1S/C32H31Cl4N3O5S/c1-14-24(15(2)27(34)18(5)26(14)33)22-13-32(44-38-22)30(25-16(3)28(35)19(6)29(36)17(25)4)39-43-31(32,8)45(41,42)23-12-10-9-11-21(23)37-20(7)40/h9-12H,13H2,1-8H3,(H,37,40)/t31-,32+/m0/s1. The molecule has 2 heterocycles. The zero-order chi connectivity index (χ0) is 33.4. The molecule has 1 amide bonds. The average Bonchev–Trinajstić information content (AvgIpc) is 3.56. The molecule has 8 nitrogen and oxygen atoms in total. The van der Waals surface area contributed by atoms with Gasteiger partial charge in [0.1, 0.15) is 5.71 Å². The number of nitrogens with one attached hydrogen (secondary N) is 1. The summed E-state index contributed by atoms with van der Waals surface area (Å²) in [6, 6.07) is 6.06. The smallest absolute Gasteiger partial charge is 0.286 e. The highest BCUT2D eigenvalue weighted by Crippen LogP contribution is 2.53. The quantitative estimate of drug-likeness (QED) is 0.286. The third-order valence-electron chi connectivity index (χ3n) is 8.81. The van der Waals surface area contributed by atoms with E-state index >= 15 is 0 Å². The maximum Gasteiger partial charge on any atom is 0.286 e. The fourth-order valence-electron chi connectivity index (χ4n) is 6.26. The van der Waals surface area contributed by atoms with Crippen molar-refractivity contribution in [3.63, 3.8) is 0 Å². The first-order valence-corrected chi connectivity index (χ1v) is 17.0. The second-order valence-electron chi connectivity index (χ2n) is 11.5. The molecule has 2 aliphatic heterocycles. The predicted molar refractivity (Wildman–Crippen MR) is 180 cm³/mol. The topological polar surface area (TPSA) is 106 Å². The number of hydrogen-bond donors (Lipinski definition) is 1. The van der Waals surface area contributed by atoms with Crippen molar-refractivity contribution in [1.82, 2.24) is 0 Å². The van der Waals surface area contributed by atoms with Crippen LogP contribution in [-0.2, 0) is 24.3 Å². The molecule has 0 fully saturated rings. The second-order valence-corrected chi connectivity index (χ2v) is 15.3.